The second-order valence-electron chi connectivity index (χ2n) is 8.81. The Hall–Kier alpha value is -2.92. The second-order valence-corrected chi connectivity index (χ2v) is 11.2. The third kappa shape index (κ3) is 5.25. The summed E-state index contributed by atoms with van der Waals surface area (Å²) >= 11 is 0. The fourth-order valence-electron chi connectivity index (χ4n) is 3.73. The molecule has 182 valence electrons. The molecule has 0 saturated heterocycles. The smallest absolute Gasteiger partial charge is 0.213 e. The quantitative estimate of drug-likeness (QED) is 0.425. The Bertz CT molecular complexity index is 1240. The fourth-order valence-corrected chi connectivity index (χ4v) is 5.13. The van der Waals surface area contributed by atoms with Gasteiger partial charge in [-0.25, -0.2) is 13.4 Å². The molecule has 3 aromatic heterocycles. The van der Waals surface area contributed by atoms with Crippen LogP contribution < -0.4 is 4.74 Å². The van der Waals surface area contributed by atoms with E-state index in [2.05, 4.69) is 25.1 Å². The van der Waals surface area contributed by atoms with Gasteiger partial charge in [0.15, 0.2) is 15.7 Å². The first-order chi connectivity index (χ1) is 16.2. The van der Waals surface area contributed by atoms with E-state index in [9.17, 15) is 8.42 Å². The normalized spacial score (nSPS) is 15.9. The SMILES string of the molecule is COc1cccc(-c2nnc(CS(=O)(=O)[C@@H](C)[C@@H](OC(C)C)c3cnc(C)cn3)n2C2CC2)n1. The van der Waals surface area contributed by atoms with Crippen LogP contribution in [0.1, 0.15) is 63.0 Å². The number of ether oxygens (including phenoxy) is 2. The average Bonchev–Trinajstić information content (AvgIpc) is 3.57. The summed E-state index contributed by atoms with van der Waals surface area (Å²) in [5.74, 6) is 1.13. The zero-order valence-electron chi connectivity index (χ0n) is 20.0. The second kappa shape index (κ2) is 9.75. The predicted molar refractivity (Wildman–Crippen MR) is 126 cm³/mol. The van der Waals surface area contributed by atoms with Crippen LogP contribution in [-0.4, -0.2) is 56.6 Å². The summed E-state index contributed by atoms with van der Waals surface area (Å²) in [6.45, 7) is 7.21. The van der Waals surface area contributed by atoms with Crippen molar-refractivity contribution in [3.05, 3.63) is 47.8 Å². The summed E-state index contributed by atoms with van der Waals surface area (Å²) in [6, 6.07) is 5.54. The molecule has 11 heteroatoms. The molecule has 10 nitrogen and oxygen atoms in total. The van der Waals surface area contributed by atoms with Crippen LogP contribution in [0, 0.1) is 6.92 Å². The number of hydrogen-bond acceptors (Lipinski definition) is 9. The van der Waals surface area contributed by atoms with Crippen LogP contribution in [0.3, 0.4) is 0 Å². The Morgan fingerprint density at radius 1 is 1.12 bits per heavy atom. The van der Waals surface area contributed by atoms with E-state index in [0.29, 0.717) is 28.9 Å². The van der Waals surface area contributed by atoms with Gasteiger partial charge in [0.25, 0.3) is 0 Å². The Balaban J connectivity index is 1.65. The molecular weight excluding hydrogens is 456 g/mol. The van der Waals surface area contributed by atoms with Gasteiger partial charge in [0.2, 0.25) is 5.88 Å². The van der Waals surface area contributed by atoms with Crippen molar-refractivity contribution in [3.63, 3.8) is 0 Å². The molecule has 0 amide bonds. The molecule has 1 aliphatic rings. The van der Waals surface area contributed by atoms with Crippen molar-refractivity contribution < 1.29 is 17.9 Å². The Labute approximate surface area is 199 Å². The first-order valence-electron chi connectivity index (χ1n) is 11.3. The lowest BCUT2D eigenvalue weighted by atomic mass is 10.2. The molecule has 1 saturated carbocycles. The van der Waals surface area contributed by atoms with Crippen LogP contribution in [-0.2, 0) is 20.3 Å². The van der Waals surface area contributed by atoms with E-state index >= 15 is 0 Å². The number of aromatic nitrogens is 6. The molecule has 3 aromatic rings. The third-order valence-electron chi connectivity index (χ3n) is 5.67. The number of aryl methyl sites for hydroxylation is 1. The fraction of sp³-hybridized carbons (Fsp3) is 0.522. The van der Waals surface area contributed by atoms with Gasteiger partial charge in [-0.3, -0.25) is 9.97 Å². The van der Waals surface area contributed by atoms with Gasteiger partial charge in [0.05, 0.1) is 36.0 Å². The summed E-state index contributed by atoms with van der Waals surface area (Å²) in [5, 5.41) is 7.70. The minimum Gasteiger partial charge on any atom is -0.481 e. The van der Waals surface area contributed by atoms with Crippen molar-refractivity contribution in [3.8, 4) is 17.4 Å². The molecule has 0 N–H and O–H groups in total. The van der Waals surface area contributed by atoms with Crippen LogP contribution in [0.15, 0.2) is 30.6 Å². The van der Waals surface area contributed by atoms with Crippen molar-refractivity contribution in [2.75, 3.05) is 7.11 Å². The Morgan fingerprint density at radius 3 is 2.50 bits per heavy atom. The summed E-state index contributed by atoms with van der Waals surface area (Å²) in [7, 11) is -2.14. The average molecular weight is 487 g/mol. The number of pyridine rings is 1. The molecule has 34 heavy (non-hydrogen) atoms. The Kier molecular flexibility index (Phi) is 6.94. The summed E-state index contributed by atoms with van der Waals surface area (Å²) in [5.41, 5.74) is 1.82. The standard InChI is InChI=1S/C23H30N6O4S/c1-14(2)33-22(19-12-24-15(3)11-25-19)16(4)34(30,31)13-20-27-28-23(29(20)17-9-10-17)18-7-6-8-21(26-18)32-5/h6-8,11-12,14,16-17,22H,9-10,13H2,1-5H3/t16-,22+/m0/s1. The van der Waals surface area contributed by atoms with Crippen LogP contribution in [0.5, 0.6) is 5.88 Å². The molecule has 0 spiro atoms. The molecule has 0 bridgehead atoms. The minimum atomic E-state index is -3.69. The van der Waals surface area contributed by atoms with E-state index in [1.54, 1.807) is 32.5 Å². The van der Waals surface area contributed by atoms with Gasteiger partial charge >= 0.3 is 0 Å². The predicted octanol–water partition coefficient (Wildman–Crippen LogP) is 3.25. The van der Waals surface area contributed by atoms with Crippen LogP contribution in [0.2, 0.25) is 0 Å². The van der Waals surface area contributed by atoms with Gasteiger partial charge < -0.3 is 14.0 Å². The first-order valence-corrected chi connectivity index (χ1v) is 13.0. The number of nitrogens with zero attached hydrogens (tertiary/aromatic N) is 6. The number of hydrogen-bond donors (Lipinski definition) is 0. The summed E-state index contributed by atoms with van der Waals surface area (Å²) in [4.78, 5) is 13.1. The zero-order chi connectivity index (χ0) is 24.5. The van der Waals surface area contributed by atoms with Crippen LogP contribution >= 0.6 is 0 Å². The maximum absolute atomic E-state index is 13.6. The van der Waals surface area contributed by atoms with E-state index < -0.39 is 21.2 Å². The minimum absolute atomic E-state index is 0.157. The van der Waals surface area contributed by atoms with Crippen LogP contribution in [0.25, 0.3) is 11.5 Å². The molecule has 3 heterocycles. The molecule has 1 fully saturated rings. The van der Waals surface area contributed by atoms with E-state index in [-0.39, 0.29) is 17.9 Å². The highest BCUT2D eigenvalue weighted by molar-refractivity contribution is 7.91. The third-order valence-corrected chi connectivity index (χ3v) is 7.72. The van der Waals surface area contributed by atoms with Gasteiger partial charge in [0.1, 0.15) is 23.4 Å². The largest absolute Gasteiger partial charge is 0.481 e. The maximum atomic E-state index is 13.6. The lowest BCUT2D eigenvalue weighted by Crippen LogP contribution is -2.31. The zero-order valence-corrected chi connectivity index (χ0v) is 20.9. The molecule has 0 aromatic carbocycles. The highest BCUT2D eigenvalue weighted by Gasteiger charge is 2.37. The van der Waals surface area contributed by atoms with Gasteiger partial charge in [-0.1, -0.05) is 6.07 Å². The summed E-state index contributed by atoms with van der Waals surface area (Å²) in [6.07, 6.45) is 4.13. The molecule has 4 rings (SSSR count). The number of rotatable bonds is 10. The molecule has 0 unspecified atom stereocenters. The van der Waals surface area contributed by atoms with E-state index in [1.807, 2.05) is 37.5 Å². The topological polar surface area (TPSA) is 122 Å². The number of methoxy groups -OCH3 is 1. The highest BCUT2D eigenvalue weighted by Crippen LogP contribution is 2.39. The van der Waals surface area contributed by atoms with Crippen molar-refractivity contribution in [1.82, 2.24) is 29.7 Å². The Morgan fingerprint density at radius 2 is 1.88 bits per heavy atom. The molecule has 1 aliphatic carbocycles. The lowest BCUT2D eigenvalue weighted by molar-refractivity contribution is 0.00382. The van der Waals surface area contributed by atoms with Gasteiger partial charge in [-0.2, -0.15) is 0 Å². The molecular formula is C23H30N6O4S. The van der Waals surface area contributed by atoms with E-state index in [4.69, 9.17) is 9.47 Å². The van der Waals surface area contributed by atoms with Gasteiger partial charge in [0, 0.05) is 18.3 Å². The van der Waals surface area contributed by atoms with Crippen molar-refractivity contribution in [2.45, 2.75) is 69.8 Å². The molecule has 0 aliphatic heterocycles. The summed E-state index contributed by atoms with van der Waals surface area (Å²) < 4.78 is 40.3. The van der Waals surface area contributed by atoms with E-state index in [1.165, 1.54) is 0 Å². The monoisotopic (exact) mass is 486 g/mol. The number of sulfone groups is 1. The first kappa shape index (κ1) is 24.2. The maximum Gasteiger partial charge on any atom is 0.213 e. The van der Waals surface area contributed by atoms with Crippen LogP contribution in [0.4, 0.5) is 0 Å². The molecule has 0 radical (unpaired) electrons. The van der Waals surface area contributed by atoms with Crippen molar-refractivity contribution in [2.24, 2.45) is 0 Å². The molecule has 2 atom stereocenters. The van der Waals surface area contributed by atoms with Crippen molar-refractivity contribution in [1.29, 1.82) is 0 Å². The van der Waals surface area contributed by atoms with Gasteiger partial charge in [-0.15, -0.1) is 10.2 Å². The lowest BCUT2D eigenvalue weighted by Gasteiger charge is -2.25. The highest BCUT2D eigenvalue weighted by atomic mass is 32.2. The van der Waals surface area contributed by atoms with E-state index in [0.717, 1.165) is 18.5 Å². The van der Waals surface area contributed by atoms with Gasteiger partial charge in [-0.05, 0) is 46.6 Å². The van der Waals surface area contributed by atoms with Crippen molar-refractivity contribution >= 4 is 9.84 Å².